The predicted molar refractivity (Wildman–Crippen MR) is 84.6 cm³/mol. The minimum Gasteiger partial charge on any atom is -0.173 e. The standard InChI is InChI=1S/C15H24S2/c1-14(2,16)10-9-12-7-5-6-8-13(12)11-15(3,4)17/h5-8,16-17H,9-11H2,1-4H3. The van der Waals surface area contributed by atoms with E-state index in [-0.39, 0.29) is 9.49 Å². The highest BCUT2D eigenvalue weighted by atomic mass is 32.1. The van der Waals surface area contributed by atoms with Crippen LogP contribution in [0.5, 0.6) is 0 Å². The summed E-state index contributed by atoms with van der Waals surface area (Å²) in [5.41, 5.74) is 2.86. The Labute approximate surface area is 117 Å². The van der Waals surface area contributed by atoms with Crippen molar-refractivity contribution >= 4 is 25.3 Å². The Kier molecular flexibility index (Phi) is 5.03. The average Bonchev–Trinajstić information content (AvgIpc) is 2.12. The van der Waals surface area contributed by atoms with Crippen LogP contribution in [0.25, 0.3) is 0 Å². The van der Waals surface area contributed by atoms with E-state index in [1.54, 1.807) is 0 Å². The lowest BCUT2D eigenvalue weighted by atomic mass is 9.93. The maximum atomic E-state index is 4.62. The molecule has 2 heteroatoms. The fourth-order valence-electron chi connectivity index (χ4n) is 1.88. The SMILES string of the molecule is CC(C)(S)CCc1ccccc1CC(C)(C)S. The van der Waals surface area contributed by atoms with Gasteiger partial charge in [0.15, 0.2) is 0 Å². The van der Waals surface area contributed by atoms with Gasteiger partial charge in [0.25, 0.3) is 0 Å². The van der Waals surface area contributed by atoms with Crippen LogP contribution in [0.2, 0.25) is 0 Å². The van der Waals surface area contributed by atoms with Crippen LogP contribution in [0.3, 0.4) is 0 Å². The van der Waals surface area contributed by atoms with Crippen molar-refractivity contribution in [2.75, 3.05) is 0 Å². The summed E-state index contributed by atoms with van der Waals surface area (Å²) >= 11 is 9.21. The van der Waals surface area contributed by atoms with Gasteiger partial charge in [-0.1, -0.05) is 52.0 Å². The molecule has 17 heavy (non-hydrogen) atoms. The number of hydrogen-bond donors (Lipinski definition) is 2. The Morgan fingerprint density at radius 1 is 0.882 bits per heavy atom. The number of hydrogen-bond acceptors (Lipinski definition) is 2. The van der Waals surface area contributed by atoms with E-state index < -0.39 is 0 Å². The molecule has 0 saturated carbocycles. The molecule has 0 atom stereocenters. The van der Waals surface area contributed by atoms with Gasteiger partial charge < -0.3 is 0 Å². The van der Waals surface area contributed by atoms with E-state index in [4.69, 9.17) is 0 Å². The fourth-order valence-corrected chi connectivity index (χ4v) is 2.16. The third kappa shape index (κ3) is 6.42. The molecule has 0 aliphatic carbocycles. The van der Waals surface area contributed by atoms with Gasteiger partial charge in [0.1, 0.15) is 0 Å². The number of rotatable bonds is 5. The van der Waals surface area contributed by atoms with Gasteiger partial charge >= 0.3 is 0 Å². The first kappa shape index (κ1) is 15.0. The van der Waals surface area contributed by atoms with Gasteiger partial charge in [-0.15, -0.1) is 0 Å². The first-order chi connectivity index (χ1) is 7.67. The zero-order chi connectivity index (χ0) is 13.1. The summed E-state index contributed by atoms with van der Waals surface area (Å²) in [5.74, 6) is 0. The molecule has 0 amide bonds. The molecule has 0 nitrogen and oxygen atoms in total. The molecule has 0 radical (unpaired) electrons. The summed E-state index contributed by atoms with van der Waals surface area (Å²) in [7, 11) is 0. The monoisotopic (exact) mass is 268 g/mol. The van der Waals surface area contributed by atoms with Gasteiger partial charge in [-0.05, 0) is 30.4 Å². The molecule has 0 N–H and O–H groups in total. The van der Waals surface area contributed by atoms with Crippen LogP contribution in [0, 0.1) is 0 Å². The van der Waals surface area contributed by atoms with E-state index in [0.29, 0.717) is 0 Å². The maximum Gasteiger partial charge on any atom is 0.0114 e. The van der Waals surface area contributed by atoms with Crippen LogP contribution in [0.15, 0.2) is 24.3 Å². The first-order valence-electron chi connectivity index (χ1n) is 6.19. The molecule has 0 aromatic heterocycles. The fraction of sp³-hybridized carbons (Fsp3) is 0.600. The zero-order valence-electron chi connectivity index (χ0n) is 11.3. The van der Waals surface area contributed by atoms with E-state index in [1.165, 1.54) is 11.1 Å². The first-order valence-corrected chi connectivity index (χ1v) is 7.08. The molecule has 0 unspecified atom stereocenters. The van der Waals surface area contributed by atoms with E-state index in [9.17, 15) is 0 Å². The van der Waals surface area contributed by atoms with Crippen molar-refractivity contribution in [3.63, 3.8) is 0 Å². The van der Waals surface area contributed by atoms with Crippen molar-refractivity contribution in [1.29, 1.82) is 0 Å². The minimum absolute atomic E-state index is 0.0482. The van der Waals surface area contributed by atoms with E-state index in [2.05, 4.69) is 77.2 Å². The second-order valence-corrected chi connectivity index (χ2v) is 8.49. The van der Waals surface area contributed by atoms with Crippen molar-refractivity contribution in [2.45, 2.75) is 56.5 Å². The summed E-state index contributed by atoms with van der Waals surface area (Å²) in [6.45, 7) is 8.66. The van der Waals surface area contributed by atoms with Crippen molar-refractivity contribution in [3.05, 3.63) is 35.4 Å². The summed E-state index contributed by atoms with van der Waals surface area (Å²) in [4.78, 5) is 0. The predicted octanol–water partition coefficient (Wildman–Crippen LogP) is 4.58. The number of benzene rings is 1. The van der Waals surface area contributed by atoms with Crippen LogP contribution in [-0.4, -0.2) is 9.49 Å². The Balaban J connectivity index is 2.78. The lowest BCUT2D eigenvalue weighted by molar-refractivity contribution is 0.636. The molecule has 0 saturated heterocycles. The highest BCUT2D eigenvalue weighted by Crippen LogP contribution is 2.25. The maximum absolute atomic E-state index is 4.62. The van der Waals surface area contributed by atoms with Gasteiger partial charge in [-0.3, -0.25) is 0 Å². The molecular formula is C15H24S2. The Morgan fingerprint density at radius 3 is 1.88 bits per heavy atom. The second kappa shape index (κ2) is 5.71. The van der Waals surface area contributed by atoms with Crippen molar-refractivity contribution < 1.29 is 0 Å². The van der Waals surface area contributed by atoms with Crippen LogP contribution >= 0.6 is 25.3 Å². The second-order valence-electron chi connectivity index (χ2n) is 6.07. The molecule has 1 aromatic rings. The highest BCUT2D eigenvalue weighted by molar-refractivity contribution is 7.81. The molecule has 96 valence electrons. The van der Waals surface area contributed by atoms with Crippen molar-refractivity contribution in [1.82, 2.24) is 0 Å². The molecule has 0 spiro atoms. The highest BCUT2D eigenvalue weighted by Gasteiger charge is 2.16. The lowest BCUT2D eigenvalue weighted by Gasteiger charge is -2.22. The molecule has 1 aromatic carbocycles. The third-order valence-corrected chi connectivity index (χ3v) is 3.13. The lowest BCUT2D eigenvalue weighted by Crippen LogP contribution is -2.17. The van der Waals surface area contributed by atoms with E-state index in [1.807, 2.05) is 0 Å². The van der Waals surface area contributed by atoms with Crippen LogP contribution < -0.4 is 0 Å². The Morgan fingerprint density at radius 2 is 1.41 bits per heavy atom. The minimum atomic E-state index is 0.0482. The molecule has 0 aliphatic heterocycles. The third-order valence-electron chi connectivity index (χ3n) is 2.75. The van der Waals surface area contributed by atoms with Gasteiger partial charge in [0.05, 0.1) is 0 Å². The quantitative estimate of drug-likeness (QED) is 0.718. The average molecular weight is 268 g/mol. The summed E-state index contributed by atoms with van der Waals surface area (Å²) < 4.78 is 0.149. The number of aryl methyl sites for hydroxylation is 1. The normalized spacial score (nSPS) is 12.8. The smallest absolute Gasteiger partial charge is 0.0114 e. The van der Waals surface area contributed by atoms with Gasteiger partial charge in [-0.25, -0.2) is 0 Å². The molecule has 0 bridgehead atoms. The van der Waals surface area contributed by atoms with Crippen LogP contribution in [-0.2, 0) is 12.8 Å². The summed E-state index contributed by atoms with van der Waals surface area (Å²) in [5, 5.41) is 0. The molecular weight excluding hydrogens is 244 g/mol. The number of thiol groups is 2. The Bertz CT molecular complexity index is 356. The van der Waals surface area contributed by atoms with Crippen LogP contribution in [0.1, 0.15) is 45.2 Å². The van der Waals surface area contributed by atoms with Gasteiger partial charge in [0.2, 0.25) is 0 Å². The molecule has 0 fully saturated rings. The summed E-state index contributed by atoms with van der Waals surface area (Å²) in [6.07, 6.45) is 3.20. The Hall–Kier alpha value is -0.0800. The summed E-state index contributed by atoms with van der Waals surface area (Å²) in [6, 6.07) is 8.69. The molecule has 1 rings (SSSR count). The van der Waals surface area contributed by atoms with E-state index >= 15 is 0 Å². The molecule has 0 heterocycles. The topological polar surface area (TPSA) is 0 Å². The largest absolute Gasteiger partial charge is 0.173 e. The molecule has 0 aliphatic rings. The zero-order valence-corrected chi connectivity index (χ0v) is 13.1. The van der Waals surface area contributed by atoms with Gasteiger partial charge in [0, 0.05) is 9.49 Å². The van der Waals surface area contributed by atoms with Gasteiger partial charge in [-0.2, -0.15) is 25.3 Å². The van der Waals surface area contributed by atoms with Crippen molar-refractivity contribution in [3.8, 4) is 0 Å². The van der Waals surface area contributed by atoms with E-state index in [0.717, 1.165) is 19.3 Å². The van der Waals surface area contributed by atoms with Crippen LogP contribution in [0.4, 0.5) is 0 Å². The van der Waals surface area contributed by atoms with Crippen molar-refractivity contribution in [2.24, 2.45) is 0 Å².